The van der Waals surface area contributed by atoms with Gasteiger partial charge in [0.25, 0.3) is 0 Å². The van der Waals surface area contributed by atoms with E-state index in [0.717, 1.165) is 28.6 Å². The molecule has 0 spiro atoms. The molecule has 2 nitrogen and oxygen atoms in total. The quantitative estimate of drug-likeness (QED) is 0.587. The Morgan fingerprint density at radius 1 is 1.21 bits per heavy atom. The fraction of sp³-hybridized carbons (Fsp3) is 0.500. The van der Waals surface area contributed by atoms with Gasteiger partial charge in [-0.25, -0.2) is 0 Å². The summed E-state index contributed by atoms with van der Waals surface area (Å²) >= 11 is 6.75. The number of nitrogens with zero attached hydrogens (tertiary/aromatic N) is 1. The first kappa shape index (κ1) is 12.0. The monoisotopic (exact) mass is 321 g/mol. The van der Waals surface area contributed by atoms with Gasteiger partial charge in [0.2, 0.25) is 0 Å². The summed E-state index contributed by atoms with van der Waals surface area (Å²) in [5.74, 6) is 0.832. The zero-order valence-electron chi connectivity index (χ0n) is 7.88. The van der Waals surface area contributed by atoms with Crippen molar-refractivity contribution in [2.75, 3.05) is 11.9 Å². The molecule has 0 atom stereocenters. The van der Waals surface area contributed by atoms with Crippen molar-refractivity contribution in [2.24, 2.45) is 0 Å². The Morgan fingerprint density at radius 2 is 2.07 bits per heavy atom. The van der Waals surface area contributed by atoms with Crippen molar-refractivity contribution in [3.63, 3.8) is 0 Å². The second-order valence-electron chi connectivity index (χ2n) is 2.94. The van der Waals surface area contributed by atoms with E-state index < -0.39 is 0 Å². The molecule has 0 saturated carbocycles. The predicted octanol–water partition coefficient (Wildman–Crippen LogP) is 3.79. The van der Waals surface area contributed by atoms with Crippen molar-refractivity contribution in [2.45, 2.75) is 19.3 Å². The highest BCUT2D eigenvalue weighted by Crippen LogP contribution is 2.16. The van der Waals surface area contributed by atoms with Crippen LogP contribution in [0.4, 0.5) is 0 Å². The fourth-order valence-electron chi connectivity index (χ4n) is 1.03. The normalized spacial score (nSPS) is 10.1. The van der Waals surface area contributed by atoms with Crippen LogP contribution in [-0.4, -0.2) is 16.9 Å². The van der Waals surface area contributed by atoms with Crippen LogP contribution in [0.1, 0.15) is 19.3 Å². The number of pyridine rings is 1. The summed E-state index contributed by atoms with van der Waals surface area (Å²) in [5.41, 5.74) is 0. The molecule has 1 aromatic rings. The molecule has 0 unspecified atom stereocenters. The Morgan fingerprint density at radius 3 is 2.79 bits per heavy atom. The number of hydrogen-bond donors (Lipinski definition) is 0. The van der Waals surface area contributed by atoms with Crippen molar-refractivity contribution in [1.82, 2.24) is 4.98 Å². The molecule has 0 N–H and O–H groups in total. The summed E-state index contributed by atoms with van der Waals surface area (Å²) in [4.78, 5) is 4.02. The van der Waals surface area contributed by atoms with Gasteiger partial charge in [0.15, 0.2) is 0 Å². The van der Waals surface area contributed by atoms with E-state index in [2.05, 4.69) is 36.8 Å². The third-order valence-electron chi connectivity index (χ3n) is 1.73. The van der Waals surface area contributed by atoms with Gasteiger partial charge in [0.05, 0.1) is 12.8 Å². The van der Waals surface area contributed by atoms with Crippen molar-refractivity contribution >= 4 is 31.9 Å². The van der Waals surface area contributed by atoms with Gasteiger partial charge in [-0.2, -0.15) is 0 Å². The van der Waals surface area contributed by atoms with Crippen LogP contribution in [-0.2, 0) is 0 Å². The van der Waals surface area contributed by atoms with Gasteiger partial charge in [0.1, 0.15) is 5.75 Å². The van der Waals surface area contributed by atoms with E-state index in [0.29, 0.717) is 0 Å². The molecule has 0 aromatic carbocycles. The van der Waals surface area contributed by atoms with E-state index in [4.69, 9.17) is 4.74 Å². The number of halogens is 2. The number of aromatic nitrogens is 1. The number of rotatable bonds is 6. The molecule has 0 fully saturated rings. The van der Waals surface area contributed by atoms with Crippen molar-refractivity contribution in [3.05, 3.63) is 22.9 Å². The fourth-order valence-corrected chi connectivity index (χ4v) is 1.77. The third kappa shape index (κ3) is 4.96. The van der Waals surface area contributed by atoms with Crippen molar-refractivity contribution in [3.8, 4) is 5.75 Å². The molecule has 0 aliphatic rings. The van der Waals surface area contributed by atoms with Gasteiger partial charge < -0.3 is 4.74 Å². The van der Waals surface area contributed by atoms with Crippen molar-refractivity contribution < 1.29 is 4.74 Å². The molecule has 0 aliphatic heterocycles. The van der Waals surface area contributed by atoms with Gasteiger partial charge in [-0.1, -0.05) is 15.9 Å². The molecule has 0 radical (unpaired) electrons. The standard InChI is InChI=1S/C10H13Br2NO/c11-4-2-1-3-5-14-10-6-9(12)7-13-8-10/h6-8H,1-5H2. The molecule has 1 heterocycles. The smallest absolute Gasteiger partial charge is 0.138 e. The minimum atomic E-state index is 0.769. The second-order valence-corrected chi connectivity index (χ2v) is 4.65. The van der Waals surface area contributed by atoms with Crippen LogP contribution in [0.15, 0.2) is 22.9 Å². The summed E-state index contributed by atoms with van der Waals surface area (Å²) in [7, 11) is 0. The predicted molar refractivity (Wildman–Crippen MR) is 65.1 cm³/mol. The summed E-state index contributed by atoms with van der Waals surface area (Å²) in [6.07, 6.45) is 6.98. The minimum Gasteiger partial charge on any atom is -0.492 e. The van der Waals surface area contributed by atoms with E-state index in [1.165, 1.54) is 12.8 Å². The highest BCUT2D eigenvalue weighted by molar-refractivity contribution is 9.10. The molecule has 78 valence electrons. The maximum atomic E-state index is 5.53. The molecule has 1 aromatic heterocycles. The molecule has 0 saturated heterocycles. The first-order chi connectivity index (χ1) is 6.83. The second kappa shape index (κ2) is 7.23. The van der Waals surface area contributed by atoms with E-state index in [9.17, 15) is 0 Å². The zero-order chi connectivity index (χ0) is 10.2. The number of unbranched alkanes of at least 4 members (excludes halogenated alkanes) is 2. The van der Waals surface area contributed by atoms with Crippen LogP contribution in [0.2, 0.25) is 0 Å². The van der Waals surface area contributed by atoms with Crippen LogP contribution in [0, 0.1) is 0 Å². The van der Waals surface area contributed by atoms with E-state index in [1.54, 1.807) is 12.4 Å². The molecule has 14 heavy (non-hydrogen) atoms. The summed E-state index contributed by atoms with van der Waals surface area (Å²) in [6, 6.07) is 1.93. The lowest BCUT2D eigenvalue weighted by Crippen LogP contribution is -1.97. The minimum absolute atomic E-state index is 0.769. The summed E-state index contributed by atoms with van der Waals surface area (Å²) < 4.78 is 6.48. The lowest BCUT2D eigenvalue weighted by molar-refractivity contribution is 0.305. The van der Waals surface area contributed by atoms with Crippen LogP contribution in [0.5, 0.6) is 5.75 Å². The van der Waals surface area contributed by atoms with E-state index in [1.807, 2.05) is 6.07 Å². The number of ether oxygens (including phenoxy) is 1. The van der Waals surface area contributed by atoms with Crippen LogP contribution < -0.4 is 4.74 Å². The lowest BCUT2D eigenvalue weighted by Gasteiger charge is -2.04. The maximum absolute atomic E-state index is 5.53. The first-order valence-electron chi connectivity index (χ1n) is 4.62. The SMILES string of the molecule is BrCCCCCOc1cncc(Br)c1. The largest absolute Gasteiger partial charge is 0.492 e. The molecule has 0 aliphatic carbocycles. The first-order valence-corrected chi connectivity index (χ1v) is 6.53. The Kier molecular flexibility index (Phi) is 6.19. The average molecular weight is 323 g/mol. The van der Waals surface area contributed by atoms with Crippen LogP contribution >= 0.6 is 31.9 Å². The van der Waals surface area contributed by atoms with E-state index in [-0.39, 0.29) is 0 Å². The van der Waals surface area contributed by atoms with Gasteiger partial charge in [-0.15, -0.1) is 0 Å². The molecule has 0 bridgehead atoms. The Balaban J connectivity index is 2.18. The Hall–Kier alpha value is -0.0900. The summed E-state index contributed by atoms with van der Waals surface area (Å²) in [5, 5.41) is 1.07. The maximum Gasteiger partial charge on any atom is 0.138 e. The Labute approximate surface area is 101 Å². The number of alkyl halides is 1. The molecule has 4 heteroatoms. The lowest BCUT2D eigenvalue weighted by atomic mass is 10.3. The molecule has 1 rings (SSSR count). The highest BCUT2D eigenvalue weighted by Gasteiger charge is 1.95. The van der Waals surface area contributed by atoms with Crippen LogP contribution in [0.25, 0.3) is 0 Å². The average Bonchev–Trinajstić information content (AvgIpc) is 2.18. The van der Waals surface area contributed by atoms with Gasteiger partial charge in [0, 0.05) is 16.0 Å². The molecular formula is C10H13Br2NO. The zero-order valence-corrected chi connectivity index (χ0v) is 11.1. The third-order valence-corrected chi connectivity index (χ3v) is 2.72. The molecular weight excluding hydrogens is 310 g/mol. The van der Waals surface area contributed by atoms with Crippen molar-refractivity contribution in [1.29, 1.82) is 0 Å². The number of hydrogen-bond acceptors (Lipinski definition) is 2. The molecule has 0 amide bonds. The Bertz CT molecular complexity index is 268. The van der Waals surface area contributed by atoms with Crippen LogP contribution in [0.3, 0.4) is 0 Å². The van der Waals surface area contributed by atoms with Gasteiger partial charge in [-0.05, 0) is 41.3 Å². The topological polar surface area (TPSA) is 22.1 Å². The van der Waals surface area contributed by atoms with Gasteiger partial charge in [-0.3, -0.25) is 4.98 Å². The summed E-state index contributed by atoms with van der Waals surface area (Å²) in [6.45, 7) is 0.769. The highest BCUT2D eigenvalue weighted by atomic mass is 79.9. The van der Waals surface area contributed by atoms with Gasteiger partial charge >= 0.3 is 0 Å². The van der Waals surface area contributed by atoms with E-state index >= 15 is 0 Å².